The van der Waals surface area contributed by atoms with Crippen LogP contribution in [0.1, 0.15) is 39.5 Å². The van der Waals surface area contributed by atoms with Crippen LogP contribution in [-0.2, 0) is 14.6 Å². The van der Waals surface area contributed by atoms with E-state index in [1.165, 1.54) is 0 Å². The molecule has 6 heteroatoms. The van der Waals surface area contributed by atoms with Crippen LogP contribution in [-0.4, -0.2) is 55.5 Å². The van der Waals surface area contributed by atoms with Crippen molar-refractivity contribution in [3.63, 3.8) is 0 Å². The SMILES string of the molecule is CCCC1(C(=O)O)CCN(CCCS(=O)(=O)CC)C1. The third-order valence-electron chi connectivity index (χ3n) is 3.98. The van der Waals surface area contributed by atoms with Gasteiger partial charge < -0.3 is 10.0 Å². The second kappa shape index (κ2) is 6.70. The predicted molar refractivity (Wildman–Crippen MR) is 75.0 cm³/mol. The van der Waals surface area contributed by atoms with Gasteiger partial charge in [-0.15, -0.1) is 0 Å². The minimum absolute atomic E-state index is 0.182. The molecule has 1 N–H and O–H groups in total. The van der Waals surface area contributed by atoms with Gasteiger partial charge in [-0.1, -0.05) is 20.3 Å². The molecule has 1 aliphatic heterocycles. The lowest BCUT2D eigenvalue weighted by Crippen LogP contribution is -2.35. The fourth-order valence-electron chi connectivity index (χ4n) is 2.77. The average molecular weight is 291 g/mol. The van der Waals surface area contributed by atoms with E-state index in [-0.39, 0.29) is 11.5 Å². The Kier molecular flexibility index (Phi) is 5.80. The van der Waals surface area contributed by atoms with Crippen LogP contribution < -0.4 is 0 Å². The maximum atomic E-state index is 11.4. The Hall–Kier alpha value is -0.620. The summed E-state index contributed by atoms with van der Waals surface area (Å²) >= 11 is 0. The number of rotatable bonds is 8. The van der Waals surface area contributed by atoms with Gasteiger partial charge in [0.25, 0.3) is 0 Å². The van der Waals surface area contributed by atoms with Crippen LogP contribution in [0.15, 0.2) is 0 Å². The first-order valence-electron chi connectivity index (χ1n) is 7.01. The summed E-state index contributed by atoms with van der Waals surface area (Å²) in [4.78, 5) is 13.5. The molecule has 0 spiro atoms. The van der Waals surface area contributed by atoms with Gasteiger partial charge in [-0.05, 0) is 32.4 Å². The van der Waals surface area contributed by atoms with Crippen molar-refractivity contribution in [3.8, 4) is 0 Å². The topological polar surface area (TPSA) is 74.7 Å². The summed E-state index contributed by atoms with van der Waals surface area (Å²) < 4.78 is 22.8. The molecule has 0 aromatic carbocycles. The molecule has 1 heterocycles. The van der Waals surface area contributed by atoms with Crippen molar-refractivity contribution < 1.29 is 18.3 Å². The first-order valence-corrected chi connectivity index (χ1v) is 8.83. The molecule has 0 aromatic heterocycles. The number of carboxylic acids is 1. The monoisotopic (exact) mass is 291 g/mol. The second-order valence-corrected chi connectivity index (χ2v) is 7.92. The normalized spacial score (nSPS) is 24.7. The zero-order chi connectivity index (χ0) is 14.5. The molecule has 0 radical (unpaired) electrons. The molecule has 1 unspecified atom stereocenters. The Bertz CT molecular complexity index is 407. The standard InChI is InChI=1S/C13H25NO4S/c1-3-6-13(12(15)16)7-9-14(11-13)8-5-10-19(17,18)4-2/h3-11H2,1-2H3,(H,15,16). The van der Waals surface area contributed by atoms with Crippen molar-refractivity contribution in [1.29, 1.82) is 0 Å². The highest BCUT2D eigenvalue weighted by molar-refractivity contribution is 7.91. The molecule has 0 saturated carbocycles. The summed E-state index contributed by atoms with van der Waals surface area (Å²) in [6, 6.07) is 0. The van der Waals surface area contributed by atoms with Crippen LogP contribution in [0.3, 0.4) is 0 Å². The van der Waals surface area contributed by atoms with E-state index in [0.717, 1.165) is 13.0 Å². The van der Waals surface area contributed by atoms with Gasteiger partial charge >= 0.3 is 5.97 Å². The minimum Gasteiger partial charge on any atom is -0.481 e. The van der Waals surface area contributed by atoms with E-state index in [0.29, 0.717) is 32.4 Å². The molecule has 5 nitrogen and oxygen atoms in total. The lowest BCUT2D eigenvalue weighted by molar-refractivity contribution is -0.148. The van der Waals surface area contributed by atoms with Crippen LogP contribution in [0.5, 0.6) is 0 Å². The van der Waals surface area contributed by atoms with Crippen LogP contribution in [0.2, 0.25) is 0 Å². The fourth-order valence-corrected chi connectivity index (χ4v) is 3.62. The molecule has 1 saturated heterocycles. The lowest BCUT2D eigenvalue weighted by atomic mass is 9.83. The number of likely N-dealkylation sites (tertiary alicyclic amines) is 1. The van der Waals surface area contributed by atoms with Crippen molar-refractivity contribution in [2.45, 2.75) is 39.5 Å². The largest absolute Gasteiger partial charge is 0.481 e. The van der Waals surface area contributed by atoms with Gasteiger partial charge in [0.2, 0.25) is 0 Å². The number of sulfone groups is 1. The van der Waals surface area contributed by atoms with Crippen LogP contribution >= 0.6 is 0 Å². The number of carbonyl (C=O) groups is 1. The summed E-state index contributed by atoms with van der Waals surface area (Å²) in [6.45, 7) is 5.65. The Morgan fingerprint density at radius 2 is 2.05 bits per heavy atom. The number of carboxylic acid groups (broad SMARTS) is 1. The van der Waals surface area contributed by atoms with E-state index in [1.807, 2.05) is 6.92 Å². The highest BCUT2D eigenvalue weighted by Gasteiger charge is 2.43. The van der Waals surface area contributed by atoms with Gasteiger partial charge in [-0.25, -0.2) is 8.42 Å². The van der Waals surface area contributed by atoms with Gasteiger partial charge in [0, 0.05) is 12.3 Å². The van der Waals surface area contributed by atoms with Crippen LogP contribution in [0.4, 0.5) is 0 Å². The molecule has 1 fully saturated rings. The Morgan fingerprint density at radius 3 is 2.58 bits per heavy atom. The first kappa shape index (κ1) is 16.4. The third-order valence-corrected chi connectivity index (χ3v) is 5.77. The molecule has 1 aliphatic rings. The molecule has 0 amide bonds. The van der Waals surface area contributed by atoms with E-state index in [1.54, 1.807) is 6.92 Å². The van der Waals surface area contributed by atoms with Gasteiger partial charge in [-0.2, -0.15) is 0 Å². The summed E-state index contributed by atoms with van der Waals surface area (Å²) in [5.74, 6) is -0.325. The van der Waals surface area contributed by atoms with Crippen LogP contribution in [0.25, 0.3) is 0 Å². The predicted octanol–water partition coefficient (Wildman–Crippen LogP) is 1.39. The summed E-state index contributed by atoms with van der Waals surface area (Å²) in [5.41, 5.74) is -0.613. The average Bonchev–Trinajstić information content (AvgIpc) is 2.74. The van der Waals surface area contributed by atoms with E-state index in [4.69, 9.17) is 0 Å². The highest BCUT2D eigenvalue weighted by atomic mass is 32.2. The molecule has 0 aromatic rings. The molecular weight excluding hydrogens is 266 g/mol. The minimum atomic E-state index is -2.91. The molecule has 0 bridgehead atoms. The van der Waals surface area contributed by atoms with Gasteiger partial charge in [0.05, 0.1) is 11.2 Å². The zero-order valence-electron chi connectivity index (χ0n) is 11.9. The third kappa shape index (κ3) is 4.45. The van der Waals surface area contributed by atoms with Crippen molar-refractivity contribution in [1.82, 2.24) is 4.90 Å². The smallest absolute Gasteiger partial charge is 0.310 e. The highest BCUT2D eigenvalue weighted by Crippen LogP contribution is 2.35. The molecule has 0 aliphatic carbocycles. The summed E-state index contributed by atoms with van der Waals surface area (Å²) in [6.07, 6.45) is 2.84. The molecule has 1 atom stereocenters. The molecule has 112 valence electrons. The Labute approximate surface area is 115 Å². The number of hydrogen-bond acceptors (Lipinski definition) is 4. The van der Waals surface area contributed by atoms with Gasteiger partial charge in [0.15, 0.2) is 0 Å². The van der Waals surface area contributed by atoms with Crippen molar-refractivity contribution >= 4 is 15.8 Å². The van der Waals surface area contributed by atoms with E-state index >= 15 is 0 Å². The lowest BCUT2D eigenvalue weighted by Gasteiger charge is -2.24. The van der Waals surface area contributed by atoms with Crippen molar-refractivity contribution in [2.75, 3.05) is 31.1 Å². The van der Waals surface area contributed by atoms with Crippen molar-refractivity contribution in [3.05, 3.63) is 0 Å². The number of aliphatic carboxylic acids is 1. The molecular formula is C13H25NO4S. The number of hydrogen-bond donors (Lipinski definition) is 1. The van der Waals surface area contributed by atoms with Gasteiger partial charge in [0.1, 0.15) is 9.84 Å². The van der Waals surface area contributed by atoms with E-state index in [2.05, 4.69) is 4.90 Å². The van der Waals surface area contributed by atoms with Crippen LogP contribution in [0, 0.1) is 5.41 Å². The maximum absolute atomic E-state index is 11.4. The van der Waals surface area contributed by atoms with Crippen molar-refractivity contribution in [2.24, 2.45) is 5.41 Å². The fraction of sp³-hybridized carbons (Fsp3) is 0.923. The Morgan fingerprint density at radius 1 is 1.37 bits per heavy atom. The van der Waals surface area contributed by atoms with E-state index in [9.17, 15) is 18.3 Å². The quantitative estimate of drug-likeness (QED) is 0.731. The maximum Gasteiger partial charge on any atom is 0.310 e. The Balaban J connectivity index is 2.45. The summed E-state index contributed by atoms with van der Waals surface area (Å²) in [7, 11) is -2.91. The molecule has 19 heavy (non-hydrogen) atoms. The van der Waals surface area contributed by atoms with Gasteiger partial charge in [-0.3, -0.25) is 4.79 Å². The second-order valence-electron chi connectivity index (χ2n) is 5.45. The van der Waals surface area contributed by atoms with E-state index < -0.39 is 21.2 Å². The summed E-state index contributed by atoms with van der Waals surface area (Å²) in [5, 5.41) is 9.38. The molecule has 1 rings (SSSR count). The zero-order valence-corrected chi connectivity index (χ0v) is 12.7. The number of nitrogens with zero attached hydrogens (tertiary/aromatic N) is 1. The first-order chi connectivity index (χ1) is 8.85.